The highest BCUT2D eigenvalue weighted by molar-refractivity contribution is 5.79. The van der Waals surface area contributed by atoms with E-state index in [0.29, 0.717) is 5.91 Å². The molecule has 0 saturated carbocycles. The lowest BCUT2D eigenvalue weighted by atomic mass is 9.98. The Kier molecular flexibility index (Phi) is 4.16. The van der Waals surface area contributed by atoms with E-state index in [1.165, 1.54) is 0 Å². The second-order valence-electron chi connectivity index (χ2n) is 5.39. The molecule has 0 aliphatic carbocycles. The highest BCUT2D eigenvalue weighted by Crippen LogP contribution is 2.19. The third-order valence-electron chi connectivity index (χ3n) is 4.14. The topological polar surface area (TPSA) is 45.7 Å². The molecule has 2 fully saturated rings. The number of hydrogen-bond donors (Lipinski definition) is 0. The zero-order valence-electron chi connectivity index (χ0n) is 11.7. The fourth-order valence-electron chi connectivity index (χ4n) is 2.90. The zero-order chi connectivity index (χ0) is 13.8. The smallest absolute Gasteiger partial charge is 0.225 e. The minimum atomic E-state index is 0.171. The molecule has 0 radical (unpaired) electrons. The van der Waals surface area contributed by atoms with Gasteiger partial charge in [0.15, 0.2) is 0 Å². The van der Waals surface area contributed by atoms with Gasteiger partial charge in [-0.25, -0.2) is 4.98 Å². The minimum Gasteiger partial charge on any atom is -0.381 e. The Morgan fingerprint density at radius 1 is 1.15 bits per heavy atom. The van der Waals surface area contributed by atoms with Crippen LogP contribution in [0.25, 0.3) is 0 Å². The molecule has 5 heteroatoms. The maximum absolute atomic E-state index is 12.4. The van der Waals surface area contributed by atoms with Crippen molar-refractivity contribution in [2.75, 3.05) is 44.3 Å². The highest BCUT2D eigenvalue weighted by atomic mass is 16.5. The Bertz CT molecular complexity index is 438. The minimum absolute atomic E-state index is 0.171. The standard InChI is InChI=1S/C15H21N3O2/c19-15(13-4-11-20-12-5-13)18-9-7-17(8-10-18)14-3-1-2-6-16-14/h1-3,6,13H,4-5,7-12H2. The second kappa shape index (κ2) is 6.22. The number of aromatic nitrogens is 1. The molecule has 0 atom stereocenters. The molecule has 108 valence electrons. The van der Waals surface area contributed by atoms with Gasteiger partial charge >= 0.3 is 0 Å². The first-order chi connectivity index (χ1) is 9.84. The third-order valence-corrected chi connectivity index (χ3v) is 4.14. The van der Waals surface area contributed by atoms with Crippen LogP contribution in [0.15, 0.2) is 24.4 Å². The molecule has 1 amide bonds. The lowest BCUT2D eigenvalue weighted by Gasteiger charge is -2.37. The Morgan fingerprint density at radius 3 is 2.55 bits per heavy atom. The van der Waals surface area contributed by atoms with E-state index in [1.807, 2.05) is 29.3 Å². The fraction of sp³-hybridized carbons (Fsp3) is 0.600. The maximum Gasteiger partial charge on any atom is 0.225 e. The number of pyridine rings is 1. The van der Waals surface area contributed by atoms with Gasteiger partial charge in [0.25, 0.3) is 0 Å². The van der Waals surface area contributed by atoms with E-state index in [2.05, 4.69) is 9.88 Å². The molecule has 0 N–H and O–H groups in total. The van der Waals surface area contributed by atoms with Crippen molar-refractivity contribution in [3.05, 3.63) is 24.4 Å². The van der Waals surface area contributed by atoms with Gasteiger partial charge in [-0.3, -0.25) is 4.79 Å². The number of anilines is 1. The van der Waals surface area contributed by atoms with Gasteiger partial charge in [0.1, 0.15) is 5.82 Å². The summed E-state index contributed by atoms with van der Waals surface area (Å²) in [7, 11) is 0. The van der Waals surface area contributed by atoms with E-state index in [-0.39, 0.29) is 5.92 Å². The third kappa shape index (κ3) is 2.93. The first-order valence-electron chi connectivity index (χ1n) is 7.37. The summed E-state index contributed by atoms with van der Waals surface area (Å²) in [4.78, 5) is 21.1. The molecule has 0 aromatic carbocycles. The van der Waals surface area contributed by atoms with Crippen LogP contribution in [0, 0.1) is 5.92 Å². The van der Waals surface area contributed by atoms with Crippen molar-refractivity contribution in [2.45, 2.75) is 12.8 Å². The van der Waals surface area contributed by atoms with E-state index in [4.69, 9.17) is 4.74 Å². The zero-order valence-corrected chi connectivity index (χ0v) is 11.7. The molecule has 0 bridgehead atoms. The van der Waals surface area contributed by atoms with E-state index in [9.17, 15) is 4.79 Å². The lowest BCUT2D eigenvalue weighted by molar-refractivity contribution is -0.138. The van der Waals surface area contributed by atoms with E-state index in [1.54, 1.807) is 0 Å². The Labute approximate surface area is 119 Å². The van der Waals surface area contributed by atoms with Crippen molar-refractivity contribution >= 4 is 11.7 Å². The summed E-state index contributed by atoms with van der Waals surface area (Å²) in [6, 6.07) is 5.95. The molecule has 2 aliphatic heterocycles. The van der Waals surface area contributed by atoms with E-state index < -0.39 is 0 Å². The molecule has 20 heavy (non-hydrogen) atoms. The van der Waals surface area contributed by atoms with Crippen molar-refractivity contribution in [2.24, 2.45) is 5.92 Å². The van der Waals surface area contributed by atoms with Gasteiger partial charge in [-0.2, -0.15) is 0 Å². The maximum atomic E-state index is 12.4. The molecular formula is C15H21N3O2. The summed E-state index contributed by atoms with van der Waals surface area (Å²) in [5.74, 6) is 1.49. The normalized spacial score (nSPS) is 21.0. The molecule has 2 aliphatic rings. The number of hydrogen-bond acceptors (Lipinski definition) is 4. The Balaban J connectivity index is 1.54. The van der Waals surface area contributed by atoms with Crippen LogP contribution in [0.4, 0.5) is 5.82 Å². The molecule has 0 unspecified atom stereocenters. The Morgan fingerprint density at radius 2 is 1.90 bits per heavy atom. The summed E-state index contributed by atoms with van der Waals surface area (Å²) in [6.07, 6.45) is 3.56. The first-order valence-corrected chi connectivity index (χ1v) is 7.37. The fourth-order valence-corrected chi connectivity index (χ4v) is 2.90. The molecule has 1 aromatic heterocycles. The molecule has 3 heterocycles. The largest absolute Gasteiger partial charge is 0.381 e. The number of piperazine rings is 1. The molecule has 5 nitrogen and oxygen atoms in total. The van der Waals surface area contributed by atoms with Crippen molar-refractivity contribution in [1.82, 2.24) is 9.88 Å². The first kappa shape index (κ1) is 13.4. The molecule has 2 saturated heterocycles. The van der Waals surface area contributed by atoms with Gasteiger partial charge in [-0.05, 0) is 25.0 Å². The van der Waals surface area contributed by atoms with Crippen LogP contribution in [-0.4, -0.2) is 55.2 Å². The van der Waals surface area contributed by atoms with Gasteiger partial charge < -0.3 is 14.5 Å². The van der Waals surface area contributed by atoms with Crippen LogP contribution >= 0.6 is 0 Å². The van der Waals surface area contributed by atoms with Crippen molar-refractivity contribution in [1.29, 1.82) is 0 Å². The summed E-state index contributed by atoms with van der Waals surface area (Å²) in [6.45, 7) is 4.78. The average Bonchev–Trinajstić information content (AvgIpc) is 2.56. The van der Waals surface area contributed by atoms with Crippen molar-refractivity contribution in [3.8, 4) is 0 Å². The van der Waals surface area contributed by atoms with E-state index >= 15 is 0 Å². The molecule has 1 aromatic rings. The molecule has 3 rings (SSSR count). The lowest BCUT2D eigenvalue weighted by Crippen LogP contribution is -2.51. The van der Waals surface area contributed by atoms with Crippen LogP contribution in [-0.2, 0) is 9.53 Å². The van der Waals surface area contributed by atoms with Crippen LogP contribution in [0.1, 0.15) is 12.8 Å². The van der Waals surface area contributed by atoms with Crippen LogP contribution in [0.5, 0.6) is 0 Å². The van der Waals surface area contributed by atoms with Gasteiger partial charge in [0.2, 0.25) is 5.91 Å². The predicted molar refractivity (Wildman–Crippen MR) is 76.6 cm³/mol. The number of nitrogens with zero attached hydrogens (tertiary/aromatic N) is 3. The highest BCUT2D eigenvalue weighted by Gasteiger charge is 2.28. The van der Waals surface area contributed by atoms with Crippen molar-refractivity contribution in [3.63, 3.8) is 0 Å². The number of ether oxygens (including phenoxy) is 1. The van der Waals surface area contributed by atoms with Gasteiger partial charge in [-0.15, -0.1) is 0 Å². The molecular weight excluding hydrogens is 254 g/mol. The second-order valence-corrected chi connectivity index (χ2v) is 5.39. The van der Waals surface area contributed by atoms with Gasteiger partial charge in [-0.1, -0.05) is 6.07 Å². The average molecular weight is 275 g/mol. The number of carbonyl (C=O) groups excluding carboxylic acids is 1. The summed E-state index contributed by atoms with van der Waals surface area (Å²) in [5.41, 5.74) is 0. The summed E-state index contributed by atoms with van der Waals surface area (Å²) < 4.78 is 5.32. The Hall–Kier alpha value is -1.62. The van der Waals surface area contributed by atoms with Gasteiger partial charge in [0, 0.05) is 51.5 Å². The number of rotatable bonds is 2. The van der Waals surface area contributed by atoms with Crippen molar-refractivity contribution < 1.29 is 9.53 Å². The number of amides is 1. The summed E-state index contributed by atoms with van der Waals surface area (Å²) >= 11 is 0. The summed E-state index contributed by atoms with van der Waals surface area (Å²) in [5, 5.41) is 0. The van der Waals surface area contributed by atoms with Crippen LogP contribution in [0.3, 0.4) is 0 Å². The van der Waals surface area contributed by atoms with Gasteiger partial charge in [0.05, 0.1) is 0 Å². The predicted octanol–water partition coefficient (Wildman–Crippen LogP) is 1.16. The number of carbonyl (C=O) groups is 1. The van der Waals surface area contributed by atoms with E-state index in [0.717, 1.165) is 58.1 Å². The van der Waals surface area contributed by atoms with Crippen LogP contribution < -0.4 is 4.90 Å². The monoisotopic (exact) mass is 275 g/mol. The molecule has 0 spiro atoms. The SMILES string of the molecule is O=C(C1CCOCC1)N1CCN(c2ccccn2)CC1. The quantitative estimate of drug-likeness (QED) is 0.812. The van der Waals surface area contributed by atoms with Crippen LogP contribution in [0.2, 0.25) is 0 Å².